The standard InChI is InChI=1S/C16H27N3/c1-4-12-8-9-14(11(12)2)18-15-6-5-7-16-13(15)10-17-19(16)3/h10-12,14-15,18H,4-9H2,1-3H3. The van der Waals surface area contributed by atoms with Crippen molar-refractivity contribution in [3.63, 3.8) is 0 Å². The molecule has 1 aromatic rings. The zero-order valence-corrected chi connectivity index (χ0v) is 12.5. The number of hydrogen-bond acceptors (Lipinski definition) is 2. The Balaban J connectivity index is 1.71. The first-order chi connectivity index (χ1) is 9.20. The Morgan fingerprint density at radius 2 is 2.21 bits per heavy atom. The van der Waals surface area contributed by atoms with E-state index in [1.54, 1.807) is 0 Å². The third-order valence-electron chi connectivity index (χ3n) is 5.54. The van der Waals surface area contributed by atoms with Gasteiger partial charge in [0.15, 0.2) is 0 Å². The van der Waals surface area contributed by atoms with E-state index in [0.717, 1.165) is 11.8 Å². The molecule has 0 aliphatic heterocycles. The highest BCUT2D eigenvalue weighted by molar-refractivity contribution is 5.25. The third-order valence-corrected chi connectivity index (χ3v) is 5.54. The number of nitrogens with zero attached hydrogens (tertiary/aromatic N) is 2. The summed E-state index contributed by atoms with van der Waals surface area (Å²) in [5.41, 5.74) is 2.90. The van der Waals surface area contributed by atoms with Gasteiger partial charge >= 0.3 is 0 Å². The number of nitrogens with one attached hydrogen (secondary N) is 1. The molecule has 0 amide bonds. The van der Waals surface area contributed by atoms with E-state index < -0.39 is 0 Å². The number of rotatable bonds is 3. The van der Waals surface area contributed by atoms with E-state index in [1.807, 2.05) is 0 Å². The van der Waals surface area contributed by atoms with Gasteiger partial charge in [0.05, 0.1) is 6.20 Å². The molecule has 2 aliphatic carbocycles. The number of hydrogen-bond donors (Lipinski definition) is 1. The molecule has 3 heteroatoms. The third kappa shape index (κ3) is 2.33. The summed E-state index contributed by atoms with van der Waals surface area (Å²) in [7, 11) is 2.08. The molecular weight excluding hydrogens is 234 g/mol. The molecule has 0 aromatic carbocycles. The Morgan fingerprint density at radius 3 is 2.95 bits per heavy atom. The molecule has 1 aromatic heterocycles. The first-order valence-electron chi connectivity index (χ1n) is 7.97. The second-order valence-corrected chi connectivity index (χ2v) is 6.49. The lowest BCUT2D eigenvalue weighted by atomic mass is 9.89. The monoisotopic (exact) mass is 261 g/mol. The lowest BCUT2D eigenvalue weighted by Crippen LogP contribution is -2.37. The number of aromatic nitrogens is 2. The fraction of sp³-hybridized carbons (Fsp3) is 0.812. The summed E-state index contributed by atoms with van der Waals surface area (Å²) in [4.78, 5) is 0. The summed E-state index contributed by atoms with van der Waals surface area (Å²) in [6, 6.07) is 1.25. The van der Waals surface area contributed by atoms with Crippen LogP contribution in [0.15, 0.2) is 6.20 Å². The fourth-order valence-corrected chi connectivity index (χ4v) is 4.20. The van der Waals surface area contributed by atoms with Crippen LogP contribution in [0.3, 0.4) is 0 Å². The zero-order chi connectivity index (χ0) is 13.4. The molecule has 0 radical (unpaired) electrons. The van der Waals surface area contributed by atoms with Crippen molar-refractivity contribution in [1.29, 1.82) is 0 Å². The normalized spacial score (nSPS) is 34.5. The van der Waals surface area contributed by atoms with Crippen LogP contribution in [-0.2, 0) is 13.5 Å². The van der Waals surface area contributed by atoms with Crippen LogP contribution >= 0.6 is 0 Å². The van der Waals surface area contributed by atoms with E-state index in [4.69, 9.17) is 0 Å². The van der Waals surface area contributed by atoms with Gasteiger partial charge in [0.25, 0.3) is 0 Å². The van der Waals surface area contributed by atoms with Crippen molar-refractivity contribution in [2.75, 3.05) is 0 Å². The predicted molar refractivity (Wildman–Crippen MR) is 78.0 cm³/mol. The van der Waals surface area contributed by atoms with Crippen molar-refractivity contribution in [3.8, 4) is 0 Å². The van der Waals surface area contributed by atoms with Gasteiger partial charge in [0.1, 0.15) is 0 Å². The zero-order valence-electron chi connectivity index (χ0n) is 12.5. The van der Waals surface area contributed by atoms with Crippen molar-refractivity contribution < 1.29 is 0 Å². The van der Waals surface area contributed by atoms with Crippen molar-refractivity contribution in [2.24, 2.45) is 18.9 Å². The fourth-order valence-electron chi connectivity index (χ4n) is 4.20. The first-order valence-corrected chi connectivity index (χ1v) is 7.97. The Hall–Kier alpha value is -0.830. The molecule has 19 heavy (non-hydrogen) atoms. The highest BCUT2D eigenvalue weighted by Gasteiger charge is 2.34. The minimum atomic E-state index is 0.542. The topological polar surface area (TPSA) is 29.9 Å². The molecule has 4 atom stereocenters. The van der Waals surface area contributed by atoms with Crippen molar-refractivity contribution in [2.45, 2.75) is 64.5 Å². The van der Waals surface area contributed by atoms with E-state index in [9.17, 15) is 0 Å². The van der Waals surface area contributed by atoms with Gasteiger partial charge in [-0.3, -0.25) is 4.68 Å². The summed E-state index contributed by atoms with van der Waals surface area (Å²) in [5.74, 6) is 1.75. The van der Waals surface area contributed by atoms with E-state index in [2.05, 4.69) is 42.2 Å². The first kappa shape index (κ1) is 13.2. The summed E-state index contributed by atoms with van der Waals surface area (Å²) >= 11 is 0. The number of fused-ring (bicyclic) bond motifs is 1. The van der Waals surface area contributed by atoms with Crippen LogP contribution in [0, 0.1) is 11.8 Å². The molecule has 1 N–H and O–H groups in total. The average molecular weight is 261 g/mol. The molecule has 1 heterocycles. The summed E-state index contributed by atoms with van der Waals surface area (Å²) in [5, 5.41) is 8.40. The van der Waals surface area contributed by atoms with E-state index in [1.165, 1.54) is 49.8 Å². The molecule has 1 fully saturated rings. The molecule has 3 nitrogen and oxygen atoms in total. The van der Waals surface area contributed by atoms with Gasteiger partial charge in [0.2, 0.25) is 0 Å². The van der Waals surface area contributed by atoms with Gasteiger partial charge in [-0.05, 0) is 43.9 Å². The molecular formula is C16H27N3. The van der Waals surface area contributed by atoms with Crippen LogP contribution in [0.5, 0.6) is 0 Å². The Kier molecular flexibility index (Phi) is 3.66. The van der Waals surface area contributed by atoms with E-state index in [-0.39, 0.29) is 0 Å². The quantitative estimate of drug-likeness (QED) is 0.905. The van der Waals surface area contributed by atoms with E-state index >= 15 is 0 Å². The minimum Gasteiger partial charge on any atom is -0.307 e. The summed E-state index contributed by atoms with van der Waals surface area (Å²) in [6.07, 6.45) is 9.95. The smallest absolute Gasteiger partial charge is 0.0540 e. The van der Waals surface area contributed by atoms with Crippen LogP contribution in [0.25, 0.3) is 0 Å². The molecule has 4 unspecified atom stereocenters. The Morgan fingerprint density at radius 1 is 1.37 bits per heavy atom. The molecule has 0 bridgehead atoms. The molecule has 0 saturated heterocycles. The van der Waals surface area contributed by atoms with Gasteiger partial charge in [-0.15, -0.1) is 0 Å². The van der Waals surface area contributed by atoms with Gasteiger partial charge in [-0.1, -0.05) is 20.3 Å². The van der Waals surface area contributed by atoms with Crippen LogP contribution < -0.4 is 5.32 Å². The van der Waals surface area contributed by atoms with Gasteiger partial charge in [-0.2, -0.15) is 5.10 Å². The average Bonchev–Trinajstić information content (AvgIpc) is 2.96. The second-order valence-electron chi connectivity index (χ2n) is 6.49. The maximum atomic E-state index is 4.45. The van der Waals surface area contributed by atoms with Gasteiger partial charge in [-0.25, -0.2) is 0 Å². The number of aryl methyl sites for hydroxylation is 1. The Labute approximate surface area is 116 Å². The van der Waals surface area contributed by atoms with Crippen LogP contribution in [0.2, 0.25) is 0 Å². The summed E-state index contributed by atoms with van der Waals surface area (Å²) < 4.78 is 2.07. The molecule has 106 valence electrons. The summed E-state index contributed by atoms with van der Waals surface area (Å²) in [6.45, 7) is 4.77. The molecule has 3 rings (SSSR count). The van der Waals surface area contributed by atoms with Gasteiger partial charge in [0, 0.05) is 30.4 Å². The molecule has 0 spiro atoms. The lowest BCUT2D eigenvalue weighted by molar-refractivity contribution is 0.308. The Bertz CT molecular complexity index is 437. The highest BCUT2D eigenvalue weighted by Crippen LogP contribution is 2.37. The largest absolute Gasteiger partial charge is 0.307 e. The van der Waals surface area contributed by atoms with E-state index in [0.29, 0.717) is 12.1 Å². The van der Waals surface area contributed by atoms with Crippen molar-refractivity contribution >= 4 is 0 Å². The predicted octanol–water partition coefficient (Wildman–Crippen LogP) is 3.21. The van der Waals surface area contributed by atoms with Crippen LogP contribution in [0.4, 0.5) is 0 Å². The second kappa shape index (κ2) is 5.28. The highest BCUT2D eigenvalue weighted by atomic mass is 15.3. The molecule has 1 saturated carbocycles. The maximum Gasteiger partial charge on any atom is 0.0540 e. The van der Waals surface area contributed by atoms with Crippen LogP contribution in [-0.4, -0.2) is 15.8 Å². The van der Waals surface area contributed by atoms with Crippen molar-refractivity contribution in [1.82, 2.24) is 15.1 Å². The van der Waals surface area contributed by atoms with Crippen molar-refractivity contribution in [3.05, 3.63) is 17.5 Å². The maximum absolute atomic E-state index is 4.45. The lowest BCUT2D eigenvalue weighted by Gasteiger charge is -2.30. The molecule has 2 aliphatic rings. The SMILES string of the molecule is CCC1CCC(NC2CCCc3c2cnn3C)C1C. The minimum absolute atomic E-state index is 0.542. The van der Waals surface area contributed by atoms with Gasteiger partial charge < -0.3 is 5.32 Å². The van der Waals surface area contributed by atoms with Crippen LogP contribution in [0.1, 0.15) is 63.3 Å².